The number of hydrogen-bond acceptors (Lipinski definition) is 5. The van der Waals surface area contributed by atoms with E-state index < -0.39 is 0 Å². The largest absolute Gasteiger partial charge is 0.382 e. The molecule has 0 bridgehead atoms. The Bertz CT molecular complexity index is 933. The molecule has 3 aromatic heterocycles. The van der Waals surface area contributed by atoms with Crippen LogP contribution in [-0.4, -0.2) is 15.0 Å². The van der Waals surface area contributed by atoms with Crippen LogP contribution in [0.25, 0.3) is 32.0 Å². The predicted octanol–water partition coefficient (Wildman–Crippen LogP) is 4.00. The van der Waals surface area contributed by atoms with Crippen molar-refractivity contribution in [2.24, 2.45) is 0 Å². The van der Waals surface area contributed by atoms with Crippen LogP contribution in [0.4, 0.5) is 5.82 Å². The van der Waals surface area contributed by atoms with E-state index in [4.69, 9.17) is 5.73 Å². The van der Waals surface area contributed by atoms with E-state index in [1.807, 2.05) is 30.3 Å². The van der Waals surface area contributed by atoms with Gasteiger partial charge in [0.1, 0.15) is 5.82 Å². The summed E-state index contributed by atoms with van der Waals surface area (Å²) in [7, 11) is 0. The number of benzene rings is 1. The zero-order chi connectivity index (χ0) is 14.9. The first-order chi connectivity index (χ1) is 10.8. The van der Waals surface area contributed by atoms with Crippen LogP contribution in [0.15, 0.2) is 60.9 Å². The predicted molar refractivity (Wildman–Crippen MR) is 90.5 cm³/mol. The van der Waals surface area contributed by atoms with Gasteiger partial charge < -0.3 is 5.73 Å². The summed E-state index contributed by atoms with van der Waals surface area (Å²) in [5, 5.41) is 0. The Morgan fingerprint density at radius 1 is 0.864 bits per heavy atom. The number of thiophene rings is 1. The number of nitrogens with two attached hydrogens (primary N) is 1. The fraction of sp³-hybridized carbons (Fsp3) is 0. The lowest BCUT2D eigenvalue weighted by Gasteiger charge is -2.01. The highest BCUT2D eigenvalue weighted by atomic mass is 32.1. The van der Waals surface area contributed by atoms with Gasteiger partial charge in [-0.25, -0.2) is 9.97 Å². The molecule has 3 heterocycles. The Labute approximate surface area is 131 Å². The van der Waals surface area contributed by atoms with Crippen LogP contribution in [0.3, 0.4) is 0 Å². The van der Waals surface area contributed by atoms with Gasteiger partial charge in [0.25, 0.3) is 0 Å². The maximum absolute atomic E-state index is 6.13. The van der Waals surface area contributed by atoms with Crippen molar-refractivity contribution in [3.05, 3.63) is 60.9 Å². The molecular weight excluding hydrogens is 292 g/mol. The second kappa shape index (κ2) is 5.20. The summed E-state index contributed by atoms with van der Waals surface area (Å²) in [5.74, 6) is 1.15. The van der Waals surface area contributed by atoms with E-state index in [1.54, 1.807) is 23.7 Å². The first kappa shape index (κ1) is 12.9. The van der Waals surface area contributed by atoms with Gasteiger partial charge in [-0.05, 0) is 23.8 Å². The van der Waals surface area contributed by atoms with Crippen LogP contribution in [-0.2, 0) is 0 Å². The number of nitrogens with zero attached hydrogens (tertiary/aromatic N) is 3. The smallest absolute Gasteiger partial charge is 0.162 e. The minimum atomic E-state index is 0.518. The summed E-state index contributed by atoms with van der Waals surface area (Å²) in [6.07, 6.45) is 3.45. The van der Waals surface area contributed by atoms with Gasteiger partial charge >= 0.3 is 0 Å². The molecule has 106 valence electrons. The van der Waals surface area contributed by atoms with Gasteiger partial charge in [-0.15, -0.1) is 11.3 Å². The van der Waals surface area contributed by atoms with Crippen molar-refractivity contribution in [2.75, 3.05) is 5.73 Å². The summed E-state index contributed by atoms with van der Waals surface area (Å²) in [5.41, 5.74) is 9.08. The lowest BCUT2D eigenvalue weighted by atomic mass is 10.2. The lowest BCUT2D eigenvalue weighted by molar-refractivity contribution is 1.22. The molecule has 0 amide bonds. The van der Waals surface area contributed by atoms with Crippen LogP contribution in [0, 0.1) is 0 Å². The average Bonchev–Trinajstić information content (AvgIpc) is 3.01. The molecule has 1 aromatic carbocycles. The third-order valence-corrected chi connectivity index (χ3v) is 4.59. The molecule has 4 nitrogen and oxygen atoms in total. The first-order valence-corrected chi connectivity index (χ1v) is 7.66. The summed E-state index contributed by atoms with van der Waals surface area (Å²) in [6, 6.07) is 16.0. The molecule has 0 saturated heterocycles. The fourth-order valence-electron chi connectivity index (χ4n) is 2.33. The Kier molecular flexibility index (Phi) is 3.05. The molecule has 0 aliphatic carbocycles. The molecule has 0 radical (unpaired) electrons. The van der Waals surface area contributed by atoms with Gasteiger partial charge in [0, 0.05) is 22.8 Å². The summed E-state index contributed by atoms with van der Waals surface area (Å²) < 4.78 is 0.927. The Balaban J connectivity index is 1.88. The van der Waals surface area contributed by atoms with E-state index in [0.29, 0.717) is 11.6 Å². The topological polar surface area (TPSA) is 64.7 Å². The van der Waals surface area contributed by atoms with Crippen molar-refractivity contribution in [1.29, 1.82) is 0 Å². The van der Waals surface area contributed by atoms with Crippen molar-refractivity contribution in [3.8, 4) is 21.8 Å². The zero-order valence-corrected chi connectivity index (χ0v) is 12.4. The highest BCUT2D eigenvalue weighted by molar-refractivity contribution is 7.22. The second-order valence-electron chi connectivity index (χ2n) is 4.86. The van der Waals surface area contributed by atoms with Gasteiger partial charge in [-0.2, -0.15) is 0 Å². The van der Waals surface area contributed by atoms with E-state index in [1.165, 1.54) is 0 Å². The van der Waals surface area contributed by atoms with Crippen molar-refractivity contribution in [1.82, 2.24) is 15.0 Å². The number of rotatable bonds is 2. The molecule has 0 unspecified atom stereocenters. The Morgan fingerprint density at radius 2 is 1.64 bits per heavy atom. The molecule has 4 rings (SSSR count). The highest BCUT2D eigenvalue weighted by Crippen LogP contribution is 2.35. The molecule has 0 saturated carbocycles. The normalized spacial score (nSPS) is 10.9. The lowest BCUT2D eigenvalue weighted by Crippen LogP contribution is -1.95. The van der Waals surface area contributed by atoms with E-state index in [9.17, 15) is 0 Å². The number of hydrogen-bond donors (Lipinski definition) is 1. The van der Waals surface area contributed by atoms with Crippen LogP contribution in [0.2, 0.25) is 0 Å². The third kappa shape index (κ3) is 2.21. The zero-order valence-electron chi connectivity index (χ0n) is 11.6. The highest BCUT2D eigenvalue weighted by Gasteiger charge is 2.12. The second-order valence-corrected chi connectivity index (χ2v) is 5.91. The van der Waals surface area contributed by atoms with Crippen LogP contribution in [0.1, 0.15) is 0 Å². The van der Waals surface area contributed by atoms with Crippen LogP contribution in [0.5, 0.6) is 0 Å². The first-order valence-electron chi connectivity index (χ1n) is 6.84. The maximum Gasteiger partial charge on any atom is 0.162 e. The maximum atomic E-state index is 6.13. The number of fused-ring (bicyclic) bond motifs is 1. The van der Waals surface area contributed by atoms with Crippen LogP contribution < -0.4 is 5.73 Å². The average molecular weight is 304 g/mol. The number of aromatic nitrogens is 3. The van der Waals surface area contributed by atoms with E-state index >= 15 is 0 Å². The van der Waals surface area contributed by atoms with Gasteiger partial charge in [0.05, 0.1) is 10.2 Å². The molecule has 0 fully saturated rings. The van der Waals surface area contributed by atoms with E-state index in [-0.39, 0.29) is 0 Å². The molecule has 0 atom stereocenters. The number of nitrogen functional groups attached to an aromatic ring is 1. The van der Waals surface area contributed by atoms with E-state index in [2.05, 4.69) is 33.2 Å². The molecule has 22 heavy (non-hydrogen) atoms. The van der Waals surface area contributed by atoms with Gasteiger partial charge in [0.2, 0.25) is 0 Å². The summed E-state index contributed by atoms with van der Waals surface area (Å²) in [6.45, 7) is 0. The van der Waals surface area contributed by atoms with Crippen molar-refractivity contribution >= 4 is 27.4 Å². The minimum Gasteiger partial charge on any atom is -0.382 e. The Hall–Kier alpha value is -2.79. The quantitative estimate of drug-likeness (QED) is 0.608. The monoisotopic (exact) mass is 304 g/mol. The van der Waals surface area contributed by atoms with Crippen molar-refractivity contribution < 1.29 is 0 Å². The minimum absolute atomic E-state index is 0.518. The standard InChI is InChI=1S/C17H12N4S/c18-16-15-13(10-14(22-15)11-4-2-1-3-5-11)20-17(21-16)12-6-8-19-9-7-12/h1-10H,(H2,18,20,21). The molecule has 0 aliphatic rings. The SMILES string of the molecule is Nc1nc(-c2ccncc2)nc2cc(-c3ccccc3)sc12. The summed E-state index contributed by atoms with van der Waals surface area (Å²) in [4.78, 5) is 14.2. The van der Waals surface area contributed by atoms with Crippen molar-refractivity contribution in [3.63, 3.8) is 0 Å². The Morgan fingerprint density at radius 3 is 2.41 bits per heavy atom. The number of anilines is 1. The fourth-order valence-corrected chi connectivity index (χ4v) is 3.33. The van der Waals surface area contributed by atoms with E-state index in [0.717, 1.165) is 26.2 Å². The molecule has 4 aromatic rings. The van der Waals surface area contributed by atoms with Gasteiger partial charge in [0.15, 0.2) is 5.82 Å². The molecular formula is C17H12N4S. The molecule has 5 heteroatoms. The number of pyridine rings is 1. The van der Waals surface area contributed by atoms with Crippen molar-refractivity contribution in [2.45, 2.75) is 0 Å². The molecule has 0 spiro atoms. The van der Waals surface area contributed by atoms with Gasteiger partial charge in [-0.3, -0.25) is 4.98 Å². The molecule has 0 aliphatic heterocycles. The molecule has 2 N–H and O–H groups in total. The van der Waals surface area contributed by atoms with Crippen LogP contribution >= 0.6 is 11.3 Å². The third-order valence-electron chi connectivity index (χ3n) is 3.39. The van der Waals surface area contributed by atoms with Gasteiger partial charge in [-0.1, -0.05) is 30.3 Å². The summed E-state index contributed by atoms with van der Waals surface area (Å²) >= 11 is 1.62.